The number of hydrogen-bond donors (Lipinski definition) is 0. The first-order valence-electron chi connectivity index (χ1n) is 3.35. The highest BCUT2D eigenvalue weighted by Crippen LogP contribution is 2.08. The molecule has 0 saturated carbocycles. The second-order valence-electron chi connectivity index (χ2n) is 2.62. The maximum absolute atomic E-state index is 5.29. The molecule has 1 nitrogen and oxygen atoms in total. The van der Waals surface area contributed by atoms with E-state index in [0.29, 0.717) is 0 Å². The Hall–Kier alpha value is -0.0831. The molecule has 0 amide bonds. The first-order chi connectivity index (χ1) is 4.12. The van der Waals surface area contributed by atoms with Crippen LogP contribution in [0.4, 0.5) is 0 Å². The van der Waals surface area contributed by atoms with Crippen LogP contribution in [0, 0.1) is 0 Å². The Balaban J connectivity index is 3.70. The first kappa shape index (κ1) is 8.92. The molecule has 0 radical (unpaired) electrons. The summed E-state index contributed by atoms with van der Waals surface area (Å²) in [6, 6.07) is 0. The third-order valence-electron chi connectivity index (χ3n) is 1.28. The van der Waals surface area contributed by atoms with Crippen molar-refractivity contribution in [2.75, 3.05) is 0 Å². The zero-order chi connectivity index (χ0) is 7.33. The Labute approximate surface area is 60.6 Å². The molecule has 0 rings (SSSR count). The molecule has 0 aromatic carbocycles. The Morgan fingerprint density at radius 1 is 1.56 bits per heavy atom. The van der Waals surface area contributed by atoms with Crippen molar-refractivity contribution in [3.63, 3.8) is 0 Å². The van der Waals surface area contributed by atoms with Crippen molar-refractivity contribution < 1.29 is 4.43 Å². The SMILES string of the molecule is CCC=CC(C)(C)O[SiH3]. The van der Waals surface area contributed by atoms with Gasteiger partial charge in [0.2, 0.25) is 0 Å². The molecule has 0 fully saturated rings. The third-order valence-corrected chi connectivity index (χ3v) is 2.33. The van der Waals surface area contributed by atoms with Crippen molar-refractivity contribution in [2.45, 2.75) is 32.8 Å². The smallest absolute Gasteiger partial charge is 0.147 e. The van der Waals surface area contributed by atoms with Gasteiger partial charge in [0.25, 0.3) is 0 Å². The van der Waals surface area contributed by atoms with E-state index < -0.39 is 0 Å². The summed E-state index contributed by atoms with van der Waals surface area (Å²) in [7, 11) is 0.813. The van der Waals surface area contributed by atoms with Crippen LogP contribution in [0.25, 0.3) is 0 Å². The predicted molar refractivity (Wildman–Crippen MR) is 44.5 cm³/mol. The highest BCUT2D eigenvalue weighted by Gasteiger charge is 2.08. The summed E-state index contributed by atoms with van der Waals surface area (Å²) in [5.74, 6) is 0. The number of allylic oxidation sites excluding steroid dienone is 1. The van der Waals surface area contributed by atoms with Gasteiger partial charge in [-0.05, 0) is 20.3 Å². The van der Waals surface area contributed by atoms with Crippen LogP contribution in [0.3, 0.4) is 0 Å². The van der Waals surface area contributed by atoms with Crippen molar-refractivity contribution in [3.8, 4) is 0 Å². The lowest BCUT2D eigenvalue weighted by Gasteiger charge is -2.18. The zero-order valence-electron chi connectivity index (χ0n) is 6.77. The summed E-state index contributed by atoms with van der Waals surface area (Å²) < 4.78 is 5.29. The van der Waals surface area contributed by atoms with Crippen LogP contribution in [-0.4, -0.2) is 16.1 Å². The Morgan fingerprint density at radius 2 is 2.11 bits per heavy atom. The van der Waals surface area contributed by atoms with Gasteiger partial charge in [0.15, 0.2) is 0 Å². The summed E-state index contributed by atoms with van der Waals surface area (Å²) >= 11 is 0. The molecule has 0 aliphatic carbocycles. The lowest BCUT2D eigenvalue weighted by atomic mass is 10.1. The van der Waals surface area contributed by atoms with Crippen LogP contribution in [0.5, 0.6) is 0 Å². The van der Waals surface area contributed by atoms with Crippen molar-refractivity contribution in [1.29, 1.82) is 0 Å². The lowest BCUT2D eigenvalue weighted by molar-refractivity contribution is 0.180. The summed E-state index contributed by atoms with van der Waals surface area (Å²) in [6.45, 7) is 6.28. The minimum atomic E-state index is -0.0256. The van der Waals surface area contributed by atoms with E-state index in [4.69, 9.17) is 4.43 Å². The fourth-order valence-corrected chi connectivity index (χ4v) is 0.606. The minimum Gasteiger partial charge on any atom is -0.420 e. The van der Waals surface area contributed by atoms with Crippen molar-refractivity contribution in [3.05, 3.63) is 12.2 Å². The maximum Gasteiger partial charge on any atom is 0.147 e. The molecule has 0 aliphatic rings. The average molecular weight is 144 g/mol. The van der Waals surface area contributed by atoms with Crippen LogP contribution in [-0.2, 0) is 4.43 Å². The van der Waals surface area contributed by atoms with E-state index in [1.54, 1.807) is 0 Å². The van der Waals surface area contributed by atoms with E-state index in [1.165, 1.54) is 0 Å². The van der Waals surface area contributed by atoms with Gasteiger partial charge >= 0.3 is 0 Å². The molecule has 0 saturated heterocycles. The molecule has 0 unspecified atom stereocenters. The van der Waals surface area contributed by atoms with Gasteiger partial charge in [0, 0.05) is 0 Å². The minimum absolute atomic E-state index is 0.0256. The summed E-state index contributed by atoms with van der Waals surface area (Å²) in [5, 5.41) is 0. The van der Waals surface area contributed by atoms with Crippen molar-refractivity contribution in [1.82, 2.24) is 0 Å². The Kier molecular flexibility index (Phi) is 3.82. The van der Waals surface area contributed by atoms with Gasteiger partial charge in [-0.1, -0.05) is 19.1 Å². The Morgan fingerprint density at radius 3 is 2.44 bits per heavy atom. The molecule has 2 heteroatoms. The summed E-state index contributed by atoms with van der Waals surface area (Å²) in [5.41, 5.74) is -0.0256. The van der Waals surface area contributed by atoms with E-state index in [0.717, 1.165) is 16.9 Å². The van der Waals surface area contributed by atoms with E-state index in [1.807, 2.05) is 0 Å². The largest absolute Gasteiger partial charge is 0.420 e. The summed E-state index contributed by atoms with van der Waals surface area (Å²) in [6.07, 6.45) is 5.34. The van der Waals surface area contributed by atoms with Crippen LogP contribution in [0.15, 0.2) is 12.2 Å². The fourth-order valence-electron chi connectivity index (χ4n) is 0.470. The molecular weight excluding hydrogens is 128 g/mol. The molecule has 0 heterocycles. The lowest BCUT2D eigenvalue weighted by Crippen LogP contribution is -2.19. The molecule has 0 spiro atoms. The predicted octanol–water partition coefficient (Wildman–Crippen LogP) is 1.03. The van der Waals surface area contributed by atoms with Crippen LogP contribution in [0.1, 0.15) is 27.2 Å². The molecule has 0 N–H and O–H groups in total. The molecule has 54 valence electrons. The van der Waals surface area contributed by atoms with Crippen LogP contribution < -0.4 is 0 Å². The van der Waals surface area contributed by atoms with Gasteiger partial charge < -0.3 is 4.43 Å². The van der Waals surface area contributed by atoms with E-state index in [2.05, 4.69) is 32.9 Å². The molecule has 9 heavy (non-hydrogen) atoms. The molecule has 0 atom stereocenters. The second kappa shape index (κ2) is 3.85. The maximum atomic E-state index is 5.29. The highest BCUT2D eigenvalue weighted by molar-refractivity contribution is 5.98. The zero-order valence-corrected chi connectivity index (χ0v) is 8.77. The Bertz CT molecular complexity index is 97.1. The second-order valence-corrected chi connectivity index (χ2v) is 3.03. The van der Waals surface area contributed by atoms with E-state index in [-0.39, 0.29) is 5.60 Å². The van der Waals surface area contributed by atoms with Crippen LogP contribution in [0.2, 0.25) is 0 Å². The van der Waals surface area contributed by atoms with Gasteiger partial charge in [-0.2, -0.15) is 0 Å². The first-order valence-corrected chi connectivity index (χ1v) is 4.17. The standard InChI is InChI=1S/C7H16OSi/c1-4-5-6-7(2,3)8-9/h5-6H,4H2,1-3,9H3. The topological polar surface area (TPSA) is 9.23 Å². The molecule has 0 aliphatic heterocycles. The van der Waals surface area contributed by atoms with Gasteiger partial charge in [-0.15, -0.1) is 0 Å². The number of rotatable bonds is 3. The van der Waals surface area contributed by atoms with Crippen molar-refractivity contribution >= 4 is 10.5 Å². The monoisotopic (exact) mass is 144 g/mol. The molecule has 0 aromatic rings. The molecule has 0 aromatic heterocycles. The fraction of sp³-hybridized carbons (Fsp3) is 0.714. The van der Waals surface area contributed by atoms with Crippen LogP contribution >= 0.6 is 0 Å². The molecule has 0 bridgehead atoms. The van der Waals surface area contributed by atoms with Gasteiger partial charge in [-0.25, -0.2) is 0 Å². The summed E-state index contributed by atoms with van der Waals surface area (Å²) in [4.78, 5) is 0. The molecular formula is C7H16OSi. The normalized spacial score (nSPS) is 13.2. The highest BCUT2D eigenvalue weighted by atomic mass is 28.2. The van der Waals surface area contributed by atoms with Crippen molar-refractivity contribution in [2.24, 2.45) is 0 Å². The van der Waals surface area contributed by atoms with Gasteiger partial charge in [-0.3, -0.25) is 0 Å². The van der Waals surface area contributed by atoms with Gasteiger partial charge in [0.1, 0.15) is 10.5 Å². The van der Waals surface area contributed by atoms with Gasteiger partial charge in [0.05, 0.1) is 5.60 Å². The quantitative estimate of drug-likeness (QED) is 0.424. The average Bonchev–Trinajstić information content (AvgIpc) is 1.84. The third kappa shape index (κ3) is 4.42. The van der Waals surface area contributed by atoms with E-state index >= 15 is 0 Å². The number of hydrogen-bond acceptors (Lipinski definition) is 1. The van der Waals surface area contributed by atoms with E-state index in [9.17, 15) is 0 Å².